The van der Waals surface area contributed by atoms with Crippen LogP contribution < -0.4 is 10.6 Å². The number of anilines is 1. The second-order valence-electron chi connectivity index (χ2n) is 6.61. The summed E-state index contributed by atoms with van der Waals surface area (Å²) in [7, 11) is 0. The Bertz CT molecular complexity index is 919. The summed E-state index contributed by atoms with van der Waals surface area (Å²) in [4.78, 5) is 35.8. The molecule has 3 rings (SSSR count). The predicted molar refractivity (Wildman–Crippen MR) is 106 cm³/mol. The molecule has 0 aromatic heterocycles. The van der Waals surface area contributed by atoms with Gasteiger partial charge < -0.3 is 15.4 Å². The summed E-state index contributed by atoms with van der Waals surface area (Å²) >= 11 is 0. The third-order valence-corrected chi connectivity index (χ3v) is 4.36. The molecule has 0 unspecified atom stereocenters. The number of carbonyl (C=O) groups excluding carboxylic acids is 3. The van der Waals surface area contributed by atoms with Gasteiger partial charge in [-0.2, -0.15) is 0 Å². The summed E-state index contributed by atoms with van der Waals surface area (Å²) in [5.41, 5.74) is 3.95. The number of hydrogen-bond donors (Lipinski definition) is 2. The SMILES string of the molecule is CC(=O)N/C(=C\c1ccccc1)C(=O)OCC(=O)Nc1ccc2c(c1)CCC2. The Kier molecular flexibility index (Phi) is 6.22. The number of benzene rings is 2. The molecule has 2 amide bonds. The van der Waals surface area contributed by atoms with E-state index in [1.807, 2.05) is 36.4 Å². The number of nitrogens with one attached hydrogen (secondary N) is 2. The minimum absolute atomic E-state index is 0.0240. The van der Waals surface area contributed by atoms with Crippen LogP contribution in [0.4, 0.5) is 5.69 Å². The first-order valence-corrected chi connectivity index (χ1v) is 9.14. The van der Waals surface area contributed by atoms with Gasteiger partial charge in [0.05, 0.1) is 0 Å². The van der Waals surface area contributed by atoms with E-state index in [9.17, 15) is 14.4 Å². The maximum absolute atomic E-state index is 12.3. The number of ether oxygens (including phenoxy) is 1. The quantitative estimate of drug-likeness (QED) is 0.598. The maximum atomic E-state index is 12.3. The van der Waals surface area contributed by atoms with E-state index in [1.54, 1.807) is 12.1 Å². The Labute approximate surface area is 163 Å². The summed E-state index contributed by atoms with van der Waals surface area (Å²) in [6.45, 7) is 0.855. The molecule has 0 spiro atoms. The molecule has 0 fully saturated rings. The highest BCUT2D eigenvalue weighted by molar-refractivity contribution is 5.99. The van der Waals surface area contributed by atoms with Gasteiger partial charge in [-0.05, 0) is 54.2 Å². The number of carbonyl (C=O) groups is 3. The van der Waals surface area contributed by atoms with Crippen LogP contribution >= 0.6 is 0 Å². The largest absolute Gasteiger partial charge is 0.451 e. The Morgan fingerprint density at radius 3 is 2.54 bits per heavy atom. The minimum atomic E-state index is -0.775. The number of hydrogen-bond acceptors (Lipinski definition) is 4. The number of rotatable bonds is 6. The molecule has 6 nitrogen and oxygen atoms in total. The lowest BCUT2D eigenvalue weighted by Gasteiger charge is -2.10. The van der Waals surface area contributed by atoms with Crippen molar-refractivity contribution < 1.29 is 19.1 Å². The molecule has 6 heteroatoms. The van der Waals surface area contributed by atoms with E-state index in [2.05, 4.69) is 10.6 Å². The van der Waals surface area contributed by atoms with Crippen molar-refractivity contribution in [3.05, 3.63) is 70.9 Å². The predicted octanol–water partition coefficient (Wildman–Crippen LogP) is 2.83. The lowest BCUT2D eigenvalue weighted by Crippen LogP contribution is -2.28. The molecular weight excluding hydrogens is 356 g/mol. The van der Waals surface area contributed by atoms with Gasteiger partial charge in [-0.1, -0.05) is 36.4 Å². The van der Waals surface area contributed by atoms with Crippen molar-refractivity contribution in [2.24, 2.45) is 0 Å². The van der Waals surface area contributed by atoms with Gasteiger partial charge in [0, 0.05) is 12.6 Å². The van der Waals surface area contributed by atoms with Crippen molar-refractivity contribution in [1.29, 1.82) is 0 Å². The third kappa shape index (κ3) is 5.30. The van der Waals surface area contributed by atoms with E-state index in [4.69, 9.17) is 4.74 Å². The van der Waals surface area contributed by atoms with Crippen LogP contribution in [0.5, 0.6) is 0 Å². The lowest BCUT2D eigenvalue weighted by atomic mass is 10.1. The number of esters is 1. The summed E-state index contributed by atoms with van der Waals surface area (Å²) in [5.74, 6) is -1.61. The van der Waals surface area contributed by atoms with Crippen LogP contribution in [-0.4, -0.2) is 24.4 Å². The van der Waals surface area contributed by atoms with E-state index in [0.717, 1.165) is 24.8 Å². The van der Waals surface area contributed by atoms with Gasteiger partial charge in [0.1, 0.15) is 5.70 Å². The first kappa shape index (κ1) is 19.4. The van der Waals surface area contributed by atoms with Crippen molar-refractivity contribution in [3.8, 4) is 0 Å². The highest BCUT2D eigenvalue weighted by Crippen LogP contribution is 2.24. The van der Waals surface area contributed by atoms with Crippen LogP contribution in [0.3, 0.4) is 0 Å². The summed E-state index contributed by atoms with van der Waals surface area (Å²) in [6.07, 6.45) is 4.71. The summed E-state index contributed by atoms with van der Waals surface area (Å²) in [6, 6.07) is 14.9. The van der Waals surface area contributed by atoms with Crippen LogP contribution in [0.1, 0.15) is 30.0 Å². The number of aryl methyl sites for hydroxylation is 2. The molecule has 0 radical (unpaired) electrons. The van der Waals surface area contributed by atoms with E-state index < -0.39 is 24.4 Å². The van der Waals surface area contributed by atoms with Crippen LogP contribution in [0.25, 0.3) is 6.08 Å². The fourth-order valence-electron chi connectivity index (χ4n) is 3.11. The zero-order valence-corrected chi connectivity index (χ0v) is 15.7. The molecule has 1 aliphatic rings. The summed E-state index contributed by atoms with van der Waals surface area (Å²) < 4.78 is 5.07. The Morgan fingerprint density at radius 2 is 1.79 bits per heavy atom. The first-order valence-electron chi connectivity index (χ1n) is 9.14. The zero-order valence-electron chi connectivity index (χ0n) is 15.7. The average molecular weight is 378 g/mol. The van der Waals surface area contributed by atoms with Crippen molar-refractivity contribution >= 4 is 29.5 Å². The smallest absolute Gasteiger partial charge is 0.355 e. The molecule has 144 valence electrons. The zero-order chi connectivity index (χ0) is 19.9. The van der Waals surface area contributed by atoms with Gasteiger partial charge in [0.15, 0.2) is 6.61 Å². The normalized spacial score (nSPS) is 12.8. The Morgan fingerprint density at radius 1 is 1.04 bits per heavy atom. The molecule has 0 aliphatic heterocycles. The van der Waals surface area contributed by atoms with E-state index in [0.29, 0.717) is 5.69 Å². The van der Waals surface area contributed by atoms with E-state index in [-0.39, 0.29) is 5.70 Å². The van der Waals surface area contributed by atoms with E-state index in [1.165, 1.54) is 24.1 Å². The highest BCUT2D eigenvalue weighted by Gasteiger charge is 2.16. The Balaban J connectivity index is 1.59. The molecule has 2 aromatic rings. The summed E-state index contributed by atoms with van der Waals surface area (Å²) in [5, 5.41) is 5.18. The van der Waals surface area contributed by atoms with Gasteiger partial charge in [-0.3, -0.25) is 9.59 Å². The molecule has 28 heavy (non-hydrogen) atoms. The average Bonchev–Trinajstić information content (AvgIpc) is 3.14. The van der Waals surface area contributed by atoms with Crippen molar-refractivity contribution in [2.75, 3.05) is 11.9 Å². The fraction of sp³-hybridized carbons (Fsp3) is 0.227. The second-order valence-corrected chi connectivity index (χ2v) is 6.61. The molecular formula is C22H22N2O4. The molecule has 0 saturated heterocycles. The van der Waals surface area contributed by atoms with Gasteiger partial charge in [-0.15, -0.1) is 0 Å². The number of fused-ring (bicyclic) bond motifs is 1. The van der Waals surface area contributed by atoms with E-state index >= 15 is 0 Å². The monoisotopic (exact) mass is 378 g/mol. The van der Waals surface area contributed by atoms with Crippen molar-refractivity contribution in [1.82, 2.24) is 5.32 Å². The first-order chi connectivity index (χ1) is 13.5. The highest BCUT2D eigenvalue weighted by atomic mass is 16.5. The standard InChI is InChI=1S/C22H22N2O4/c1-15(25)23-20(12-16-6-3-2-4-7-16)22(27)28-14-21(26)24-19-11-10-17-8-5-9-18(17)13-19/h2-4,6-7,10-13H,5,8-9,14H2,1H3,(H,23,25)(H,24,26)/b20-12-. The topological polar surface area (TPSA) is 84.5 Å². The molecule has 2 N–H and O–H groups in total. The van der Waals surface area contributed by atoms with Gasteiger partial charge in [0.2, 0.25) is 5.91 Å². The van der Waals surface area contributed by atoms with Crippen LogP contribution in [0, 0.1) is 0 Å². The molecule has 2 aromatic carbocycles. The number of amides is 2. The molecule has 0 atom stereocenters. The second kappa shape index (κ2) is 8.99. The van der Waals surface area contributed by atoms with Crippen LogP contribution in [0.15, 0.2) is 54.2 Å². The molecule has 1 aliphatic carbocycles. The molecule has 0 heterocycles. The van der Waals surface area contributed by atoms with Gasteiger partial charge >= 0.3 is 5.97 Å². The van der Waals surface area contributed by atoms with Crippen molar-refractivity contribution in [2.45, 2.75) is 26.2 Å². The van der Waals surface area contributed by atoms with Crippen molar-refractivity contribution in [3.63, 3.8) is 0 Å². The van der Waals surface area contributed by atoms with Crippen LogP contribution in [-0.2, 0) is 32.0 Å². The van der Waals surface area contributed by atoms with Crippen LogP contribution in [0.2, 0.25) is 0 Å². The molecule has 0 bridgehead atoms. The van der Waals surface area contributed by atoms with Gasteiger partial charge in [0.25, 0.3) is 5.91 Å². The lowest BCUT2D eigenvalue weighted by molar-refractivity contribution is -0.144. The fourth-order valence-corrected chi connectivity index (χ4v) is 3.11. The minimum Gasteiger partial charge on any atom is -0.451 e. The molecule has 0 saturated carbocycles. The van der Waals surface area contributed by atoms with Gasteiger partial charge in [-0.25, -0.2) is 4.79 Å². The Hall–Kier alpha value is -3.41. The third-order valence-electron chi connectivity index (χ3n) is 4.36. The maximum Gasteiger partial charge on any atom is 0.355 e.